The molecule has 0 saturated carbocycles. The number of amides is 1. The molecule has 1 fully saturated rings. The molecule has 0 aliphatic carbocycles. The lowest BCUT2D eigenvalue weighted by molar-refractivity contribution is 0.0933. The summed E-state index contributed by atoms with van der Waals surface area (Å²) in [6, 6.07) is 2.11. The number of fused-ring (bicyclic) bond motifs is 1. The van der Waals surface area contributed by atoms with Gasteiger partial charge < -0.3 is 10.2 Å². The minimum atomic E-state index is -0.0663. The second-order valence-electron chi connectivity index (χ2n) is 6.00. The first-order valence-electron chi connectivity index (χ1n) is 7.94. The second kappa shape index (κ2) is 6.20. The Labute approximate surface area is 143 Å². The molecular formula is C16H18N6OS. The molecule has 3 aromatic rings. The molecule has 1 N–H and O–H groups in total. The van der Waals surface area contributed by atoms with Gasteiger partial charge in [0, 0.05) is 38.6 Å². The zero-order valence-corrected chi connectivity index (χ0v) is 14.2. The fourth-order valence-corrected chi connectivity index (χ4v) is 3.95. The molecule has 0 bridgehead atoms. The number of hydrogen-bond donors (Lipinski definition) is 1. The Morgan fingerprint density at radius 2 is 2.33 bits per heavy atom. The molecule has 0 spiro atoms. The average molecular weight is 342 g/mol. The van der Waals surface area contributed by atoms with Crippen LogP contribution in [0.5, 0.6) is 0 Å². The Kier molecular flexibility index (Phi) is 3.89. The molecule has 1 unspecified atom stereocenters. The molecule has 24 heavy (non-hydrogen) atoms. The zero-order chi connectivity index (χ0) is 16.5. The molecule has 7 nitrogen and oxygen atoms in total. The molecule has 0 radical (unpaired) electrons. The Bertz CT molecular complexity index is 839. The highest BCUT2D eigenvalue weighted by atomic mass is 32.1. The van der Waals surface area contributed by atoms with E-state index in [1.807, 2.05) is 6.07 Å². The smallest absolute Gasteiger partial charge is 0.254 e. The number of anilines is 1. The molecule has 4 heterocycles. The Hall–Kier alpha value is -2.48. The predicted molar refractivity (Wildman–Crippen MR) is 93.3 cm³/mol. The van der Waals surface area contributed by atoms with Gasteiger partial charge in [-0.15, -0.1) is 0 Å². The number of aryl methyl sites for hydroxylation is 1. The number of nitrogens with one attached hydrogen (secondary N) is 1. The van der Waals surface area contributed by atoms with Gasteiger partial charge in [-0.05, 0) is 18.9 Å². The van der Waals surface area contributed by atoms with Gasteiger partial charge in [-0.3, -0.25) is 14.5 Å². The fourth-order valence-electron chi connectivity index (χ4n) is 2.98. The van der Waals surface area contributed by atoms with Gasteiger partial charge in [0.2, 0.25) is 0 Å². The van der Waals surface area contributed by atoms with Gasteiger partial charge in [-0.25, -0.2) is 4.98 Å². The normalized spacial score (nSPS) is 18.0. The van der Waals surface area contributed by atoms with Crippen LogP contribution in [0.3, 0.4) is 0 Å². The van der Waals surface area contributed by atoms with Crippen molar-refractivity contribution >= 4 is 32.6 Å². The summed E-state index contributed by atoms with van der Waals surface area (Å²) in [5.41, 5.74) is 1.53. The monoisotopic (exact) mass is 342 g/mol. The van der Waals surface area contributed by atoms with Crippen LogP contribution in [-0.2, 0) is 7.05 Å². The van der Waals surface area contributed by atoms with E-state index in [-0.39, 0.29) is 11.9 Å². The van der Waals surface area contributed by atoms with Crippen LogP contribution in [0, 0.1) is 0 Å². The minimum Gasteiger partial charge on any atom is -0.347 e. The topological polar surface area (TPSA) is 75.9 Å². The number of aromatic nitrogens is 4. The predicted octanol–water partition coefficient (Wildman–Crippen LogP) is 1.82. The maximum absolute atomic E-state index is 12.3. The Morgan fingerprint density at radius 1 is 1.42 bits per heavy atom. The van der Waals surface area contributed by atoms with E-state index in [0.717, 1.165) is 41.3 Å². The van der Waals surface area contributed by atoms with Crippen molar-refractivity contribution in [3.63, 3.8) is 0 Å². The molecule has 1 aliphatic heterocycles. The molecule has 1 saturated heterocycles. The summed E-state index contributed by atoms with van der Waals surface area (Å²) in [7, 11) is 1.81. The number of nitrogens with zero attached hydrogens (tertiary/aromatic N) is 5. The molecule has 1 amide bonds. The summed E-state index contributed by atoms with van der Waals surface area (Å²) >= 11 is 1.67. The van der Waals surface area contributed by atoms with Crippen molar-refractivity contribution in [2.24, 2.45) is 7.05 Å². The molecule has 124 valence electrons. The van der Waals surface area contributed by atoms with E-state index in [9.17, 15) is 4.79 Å². The third kappa shape index (κ3) is 2.96. The van der Waals surface area contributed by atoms with E-state index in [0.29, 0.717) is 5.56 Å². The first-order chi connectivity index (χ1) is 11.7. The van der Waals surface area contributed by atoms with Crippen molar-refractivity contribution in [3.05, 3.63) is 36.4 Å². The first kappa shape index (κ1) is 15.1. The third-order valence-electron chi connectivity index (χ3n) is 4.17. The number of thiazole rings is 1. The highest BCUT2D eigenvalue weighted by Gasteiger charge is 2.24. The van der Waals surface area contributed by atoms with Gasteiger partial charge in [0.25, 0.3) is 5.91 Å². The summed E-state index contributed by atoms with van der Waals surface area (Å²) in [5, 5.41) is 8.16. The Morgan fingerprint density at radius 3 is 3.12 bits per heavy atom. The van der Waals surface area contributed by atoms with Crippen LogP contribution in [0.4, 0.5) is 5.13 Å². The number of carbonyl (C=O) groups excluding carboxylic acids is 1. The van der Waals surface area contributed by atoms with Gasteiger partial charge in [-0.2, -0.15) is 5.10 Å². The largest absolute Gasteiger partial charge is 0.347 e. The summed E-state index contributed by atoms with van der Waals surface area (Å²) in [4.78, 5) is 23.3. The number of piperidine rings is 1. The van der Waals surface area contributed by atoms with Gasteiger partial charge in [-0.1, -0.05) is 11.3 Å². The summed E-state index contributed by atoms with van der Waals surface area (Å²) < 4.78 is 2.78. The second-order valence-corrected chi connectivity index (χ2v) is 7.01. The molecule has 0 aromatic carbocycles. The highest BCUT2D eigenvalue weighted by Crippen LogP contribution is 2.29. The summed E-state index contributed by atoms with van der Waals surface area (Å²) in [6.45, 7) is 1.74. The lowest BCUT2D eigenvalue weighted by atomic mass is 10.1. The lowest BCUT2D eigenvalue weighted by Crippen LogP contribution is -2.47. The van der Waals surface area contributed by atoms with Gasteiger partial charge in [0.1, 0.15) is 5.52 Å². The Balaban J connectivity index is 1.46. The fraction of sp³-hybridized carbons (Fsp3) is 0.375. The maximum atomic E-state index is 12.3. The average Bonchev–Trinajstić information content (AvgIpc) is 3.21. The van der Waals surface area contributed by atoms with Crippen LogP contribution in [0.2, 0.25) is 0 Å². The van der Waals surface area contributed by atoms with Crippen molar-refractivity contribution in [3.8, 4) is 0 Å². The van der Waals surface area contributed by atoms with Crippen LogP contribution in [-0.4, -0.2) is 44.8 Å². The van der Waals surface area contributed by atoms with Gasteiger partial charge in [0.15, 0.2) is 5.13 Å². The van der Waals surface area contributed by atoms with Gasteiger partial charge in [0.05, 0.1) is 22.7 Å². The molecule has 1 aliphatic rings. The lowest BCUT2D eigenvalue weighted by Gasteiger charge is -2.32. The van der Waals surface area contributed by atoms with Crippen LogP contribution >= 0.6 is 11.3 Å². The molecular weight excluding hydrogens is 324 g/mol. The standard InChI is InChI=1S/C16H18N6OS/c1-21-9-11(7-18-21)15(23)19-12-3-2-6-22(10-12)16-20-13-8-17-5-4-14(13)24-16/h4-5,7-9,12H,2-3,6,10H2,1H3,(H,19,23). The van der Waals surface area contributed by atoms with Crippen molar-refractivity contribution in [1.29, 1.82) is 0 Å². The van der Waals surface area contributed by atoms with Crippen molar-refractivity contribution < 1.29 is 4.79 Å². The van der Waals surface area contributed by atoms with Crippen molar-refractivity contribution in [2.75, 3.05) is 18.0 Å². The van der Waals surface area contributed by atoms with E-state index >= 15 is 0 Å². The van der Waals surface area contributed by atoms with Gasteiger partial charge >= 0.3 is 0 Å². The molecule has 3 aromatic heterocycles. The molecule has 4 rings (SSSR count). The first-order valence-corrected chi connectivity index (χ1v) is 8.76. The zero-order valence-electron chi connectivity index (χ0n) is 13.3. The number of pyridine rings is 1. The van der Waals surface area contributed by atoms with E-state index in [1.165, 1.54) is 0 Å². The summed E-state index contributed by atoms with van der Waals surface area (Å²) in [5.74, 6) is -0.0663. The summed E-state index contributed by atoms with van der Waals surface area (Å²) in [6.07, 6.45) is 8.92. The van der Waals surface area contributed by atoms with E-state index in [4.69, 9.17) is 0 Å². The van der Waals surface area contributed by atoms with Crippen LogP contribution in [0.25, 0.3) is 10.2 Å². The quantitative estimate of drug-likeness (QED) is 0.786. The van der Waals surface area contributed by atoms with E-state index in [2.05, 4.69) is 25.3 Å². The van der Waals surface area contributed by atoms with Crippen LogP contribution in [0.15, 0.2) is 30.9 Å². The molecule has 1 atom stereocenters. The number of carbonyl (C=O) groups is 1. The number of hydrogen-bond acceptors (Lipinski definition) is 6. The van der Waals surface area contributed by atoms with Crippen LogP contribution in [0.1, 0.15) is 23.2 Å². The SMILES string of the molecule is Cn1cc(C(=O)NC2CCCN(c3nc4cnccc4s3)C2)cn1. The molecule has 8 heteroatoms. The number of rotatable bonds is 3. The highest BCUT2D eigenvalue weighted by molar-refractivity contribution is 7.22. The maximum Gasteiger partial charge on any atom is 0.254 e. The van der Waals surface area contributed by atoms with E-state index in [1.54, 1.807) is 47.9 Å². The van der Waals surface area contributed by atoms with Crippen LogP contribution < -0.4 is 10.2 Å². The third-order valence-corrected chi connectivity index (χ3v) is 5.27. The van der Waals surface area contributed by atoms with Crippen molar-refractivity contribution in [2.45, 2.75) is 18.9 Å². The van der Waals surface area contributed by atoms with Crippen molar-refractivity contribution in [1.82, 2.24) is 25.1 Å². The minimum absolute atomic E-state index is 0.0663. The van der Waals surface area contributed by atoms with E-state index < -0.39 is 0 Å².